The minimum absolute atomic E-state index is 0.267. The summed E-state index contributed by atoms with van der Waals surface area (Å²) < 4.78 is 0.985. The van der Waals surface area contributed by atoms with E-state index in [0.29, 0.717) is 16.6 Å². The maximum atomic E-state index is 12.8. The highest BCUT2D eigenvalue weighted by atomic mass is 16.2. The molecule has 0 aliphatic carbocycles. The molecule has 0 bridgehead atoms. The number of rotatable bonds is 4. The van der Waals surface area contributed by atoms with E-state index in [9.17, 15) is 14.4 Å². The van der Waals surface area contributed by atoms with Crippen LogP contribution in [0.4, 0.5) is 5.69 Å². The fraction of sp³-hybridized carbons (Fsp3) is 0.222. The van der Waals surface area contributed by atoms with Crippen molar-refractivity contribution in [1.29, 1.82) is 0 Å². The quantitative estimate of drug-likeness (QED) is 0.759. The molecule has 0 aliphatic rings. The SMILES string of the molecule is CC(C)C(C(=O)Nc1cccnc1)n1c(=O)[nH]c2ccccc2c1=O. The summed E-state index contributed by atoms with van der Waals surface area (Å²) in [5.41, 5.74) is -0.143. The van der Waals surface area contributed by atoms with Gasteiger partial charge in [-0.15, -0.1) is 0 Å². The van der Waals surface area contributed by atoms with Gasteiger partial charge in [-0.2, -0.15) is 0 Å². The maximum Gasteiger partial charge on any atom is 0.329 e. The number of nitrogens with one attached hydrogen (secondary N) is 2. The highest BCUT2D eigenvalue weighted by molar-refractivity contribution is 5.94. The molecule has 7 heteroatoms. The molecule has 0 fully saturated rings. The zero-order valence-electron chi connectivity index (χ0n) is 13.9. The predicted octanol–water partition coefficient (Wildman–Crippen LogP) is 1.92. The first kappa shape index (κ1) is 16.6. The Kier molecular flexibility index (Phi) is 4.47. The zero-order valence-corrected chi connectivity index (χ0v) is 13.9. The van der Waals surface area contributed by atoms with E-state index in [4.69, 9.17) is 0 Å². The summed E-state index contributed by atoms with van der Waals surface area (Å²) >= 11 is 0. The number of pyridine rings is 1. The van der Waals surface area contributed by atoms with E-state index in [1.54, 1.807) is 56.4 Å². The van der Waals surface area contributed by atoms with E-state index in [0.717, 1.165) is 4.57 Å². The lowest BCUT2D eigenvalue weighted by Crippen LogP contribution is -2.44. The van der Waals surface area contributed by atoms with E-state index >= 15 is 0 Å². The zero-order chi connectivity index (χ0) is 18.0. The molecule has 1 atom stereocenters. The number of anilines is 1. The number of H-pyrrole nitrogens is 1. The first-order valence-electron chi connectivity index (χ1n) is 7.93. The fourth-order valence-corrected chi connectivity index (χ4v) is 2.80. The highest BCUT2D eigenvalue weighted by Crippen LogP contribution is 2.18. The number of amides is 1. The summed E-state index contributed by atoms with van der Waals surface area (Å²) in [5, 5.41) is 3.07. The van der Waals surface area contributed by atoms with Crippen molar-refractivity contribution < 1.29 is 4.79 Å². The van der Waals surface area contributed by atoms with Crippen LogP contribution < -0.4 is 16.6 Å². The molecule has 7 nitrogen and oxygen atoms in total. The third kappa shape index (κ3) is 3.21. The van der Waals surface area contributed by atoms with Gasteiger partial charge in [0.05, 0.1) is 22.8 Å². The van der Waals surface area contributed by atoms with Gasteiger partial charge >= 0.3 is 5.69 Å². The molecule has 2 N–H and O–H groups in total. The Morgan fingerprint density at radius 2 is 1.92 bits per heavy atom. The van der Waals surface area contributed by atoms with E-state index in [1.807, 2.05) is 0 Å². The maximum absolute atomic E-state index is 12.8. The highest BCUT2D eigenvalue weighted by Gasteiger charge is 2.28. The smallest absolute Gasteiger partial charge is 0.323 e. The van der Waals surface area contributed by atoms with Crippen molar-refractivity contribution in [3.8, 4) is 0 Å². The largest absolute Gasteiger partial charge is 0.329 e. The van der Waals surface area contributed by atoms with Gasteiger partial charge in [0.15, 0.2) is 0 Å². The summed E-state index contributed by atoms with van der Waals surface area (Å²) in [4.78, 5) is 44.6. The van der Waals surface area contributed by atoms with Gasteiger partial charge in [0.2, 0.25) is 5.91 Å². The molecule has 1 amide bonds. The van der Waals surface area contributed by atoms with Crippen LogP contribution in [0.25, 0.3) is 10.9 Å². The van der Waals surface area contributed by atoms with Crippen LogP contribution in [-0.2, 0) is 4.79 Å². The molecule has 2 heterocycles. The minimum Gasteiger partial charge on any atom is -0.323 e. The number of benzene rings is 1. The summed E-state index contributed by atoms with van der Waals surface area (Å²) in [5.74, 6) is -0.706. The Morgan fingerprint density at radius 3 is 2.60 bits per heavy atom. The van der Waals surface area contributed by atoms with Crippen molar-refractivity contribution in [2.24, 2.45) is 5.92 Å². The van der Waals surface area contributed by atoms with Gasteiger partial charge in [0.1, 0.15) is 6.04 Å². The van der Waals surface area contributed by atoms with Gasteiger partial charge in [-0.25, -0.2) is 9.36 Å². The predicted molar refractivity (Wildman–Crippen MR) is 95.6 cm³/mol. The molecule has 128 valence electrons. The molecule has 0 aliphatic heterocycles. The standard InChI is InChI=1S/C18H18N4O3/c1-11(2)15(16(23)20-12-6-5-9-19-10-12)22-17(24)13-7-3-4-8-14(13)21-18(22)25/h3-11,15H,1-2H3,(H,20,23)(H,21,25). The van der Waals surface area contributed by atoms with E-state index < -0.39 is 23.2 Å². The van der Waals surface area contributed by atoms with Crippen LogP contribution in [0, 0.1) is 5.92 Å². The number of fused-ring (bicyclic) bond motifs is 1. The number of nitrogens with zero attached hydrogens (tertiary/aromatic N) is 2. The van der Waals surface area contributed by atoms with E-state index in [1.165, 1.54) is 6.20 Å². The number of aromatic amines is 1. The first-order valence-corrected chi connectivity index (χ1v) is 7.93. The first-order chi connectivity index (χ1) is 12.0. The van der Waals surface area contributed by atoms with Crippen LogP contribution in [0.15, 0.2) is 58.4 Å². The van der Waals surface area contributed by atoms with E-state index in [-0.39, 0.29) is 5.92 Å². The lowest BCUT2D eigenvalue weighted by molar-refractivity contribution is -0.120. The third-order valence-electron chi connectivity index (χ3n) is 3.94. The van der Waals surface area contributed by atoms with Crippen molar-refractivity contribution in [1.82, 2.24) is 14.5 Å². The normalized spacial score (nSPS) is 12.3. The molecule has 25 heavy (non-hydrogen) atoms. The van der Waals surface area contributed by atoms with Crippen LogP contribution in [-0.4, -0.2) is 20.4 Å². The summed E-state index contributed by atoms with van der Waals surface area (Å²) in [6.07, 6.45) is 3.09. The van der Waals surface area contributed by atoms with Crippen molar-refractivity contribution in [2.45, 2.75) is 19.9 Å². The Bertz CT molecular complexity index is 1020. The fourth-order valence-electron chi connectivity index (χ4n) is 2.80. The van der Waals surface area contributed by atoms with Gasteiger partial charge in [-0.1, -0.05) is 26.0 Å². The minimum atomic E-state index is -0.943. The molecular formula is C18H18N4O3. The van der Waals surface area contributed by atoms with Crippen molar-refractivity contribution in [2.75, 3.05) is 5.32 Å². The van der Waals surface area contributed by atoms with Crippen molar-refractivity contribution in [3.05, 3.63) is 69.6 Å². The number of carbonyl (C=O) groups excluding carboxylic acids is 1. The lowest BCUT2D eigenvalue weighted by atomic mass is 10.0. The van der Waals surface area contributed by atoms with Gasteiger partial charge in [0.25, 0.3) is 5.56 Å². The van der Waals surface area contributed by atoms with Gasteiger partial charge in [-0.3, -0.25) is 14.6 Å². The number of aromatic nitrogens is 3. The second-order valence-electron chi connectivity index (χ2n) is 6.07. The van der Waals surface area contributed by atoms with Crippen LogP contribution in [0.3, 0.4) is 0 Å². The molecule has 3 aromatic rings. The molecule has 0 saturated heterocycles. The Labute approximate surface area is 143 Å². The van der Waals surface area contributed by atoms with Crippen molar-refractivity contribution in [3.63, 3.8) is 0 Å². The van der Waals surface area contributed by atoms with Crippen LogP contribution in [0.1, 0.15) is 19.9 Å². The Hall–Kier alpha value is -3.22. The second-order valence-corrected chi connectivity index (χ2v) is 6.07. The number of para-hydroxylation sites is 1. The second kappa shape index (κ2) is 6.72. The van der Waals surface area contributed by atoms with Gasteiger partial charge < -0.3 is 10.3 Å². The molecule has 3 rings (SSSR count). The number of hydrogen-bond acceptors (Lipinski definition) is 4. The van der Waals surface area contributed by atoms with E-state index in [2.05, 4.69) is 15.3 Å². The average Bonchev–Trinajstić information content (AvgIpc) is 2.59. The summed E-state index contributed by atoms with van der Waals surface area (Å²) in [6.45, 7) is 3.57. The van der Waals surface area contributed by atoms with Crippen LogP contribution in [0.2, 0.25) is 0 Å². The molecule has 0 saturated carbocycles. The monoisotopic (exact) mass is 338 g/mol. The molecule has 0 radical (unpaired) electrons. The van der Waals surface area contributed by atoms with Gasteiger partial charge in [0, 0.05) is 6.20 Å². The molecule has 2 aromatic heterocycles. The number of hydrogen-bond donors (Lipinski definition) is 2. The molecular weight excluding hydrogens is 320 g/mol. The summed E-state index contributed by atoms with van der Waals surface area (Å²) in [7, 11) is 0. The van der Waals surface area contributed by atoms with Crippen molar-refractivity contribution >= 4 is 22.5 Å². The molecule has 0 spiro atoms. The van der Waals surface area contributed by atoms with Crippen LogP contribution >= 0.6 is 0 Å². The summed E-state index contributed by atoms with van der Waals surface area (Å²) in [6, 6.07) is 9.17. The average molecular weight is 338 g/mol. The molecule has 1 unspecified atom stereocenters. The lowest BCUT2D eigenvalue weighted by Gasteiger charge is -2.22. The number of carbonyl (C=O) groups is 1. The third-order valence-corrected chi connectivity index (χ3v) is 3.94. The Morgan fingerprint density at radius 1 is 1.16 bits per heavy atom. The Balaban J connectivity index is 2.10. The molecule has 1 aromatic carbocycles. The topological polar surface area (TPSA) is 96.8 Å². The van der Waals surface area contributed by atoms with Gasteiger partial charge in [-0.05, 0) is 30.2 Å². The van der Waals surface area contributed by atoms with Crippen LogP contribution in [0.5, 0.6) is 0 Å².